The van der Waals surface area contributed by atoms with Crippen LogP contribution in [0.15, 0.2) is 36.7 Å². The summed E-state index contributed by atoms with van der Waals surface area (Å²) in [6.07, 6.45) is 11.0. The predicted molar refractivity (Wildman–Crippen MR) is 141 cm³/mol. The van der Waals surface area contributed by atoms with Gasteiger partial charge in [-0.15, -0.1) is 0 Å². The summed E-state index contributed by atoms with van der Waals surface area (Å²) in [7, 11) is 3.22. The van der Waals surface area contributed by atoms with E-state index < -0.39 is 5.97 Å². The van der Waals surface area contributed by atoms with Crippen LogP contribution in [0.4, 0.5) is 0 Å². The van der Waals surface area contributed by atoms with Crippen molar-refractivity contribution >= 4 is 29.0 Å². The first-order valence-corrected chi connectivity index (χ1v) is 12.8. The average Bonchev–Trinajstić information content (AvgIpc) is 3.51. The minimum atomic E-state index is -0.406. The van der Waals surface area contributed by atoms with Crippen molar-refractivity contribution in [3.63, 3.8) is 0 Å². The molecule has 1 saturated heterocycles. The van der Waals surface area contributed by atoms with Gasteiger partial charge in [0.25, 0.3) is 0 Å². The van der Waals surface area contributed by atoms with Gasteiger partial charge in [0.05, 0.1) is 60.7 Å². The quantitative estimate of drug-likeness (QED) is 0.356. The van der Waals surface area contributed by atoms with Crippen LogP contribution in [-0.2, 0) is 16.5 Å². The summed E-state index contributed by atoms with van der Waals surface area (Å²) in [5.41, 5.74) is 4.40. The first-order chi connectivity index (χ1) is 18.6. The van der Waals surface area contributed by atoms with Crippen molar-refractivity contribution in [3.05, 3.63) is 53.5 Å². The molecule has 2 aliphatic heterocycles. The van der Waals surface area contributed by atoms with E-state index >= 15 is 0 Å². The molecule has 0 saturated carbocycles. The second-order valence-corrected chi connectivity index (χ2v) is 9.35. The van der Waals surface area contributed by atoms with Crippen molar-refractivity contribution in [3.8, 4) is 22.9 Å². The zero-order chi connectivity index (χ0) is 26.1. The summed E-state index contributed by atoms with van der Waals surface area (Å²) in [5.74, 6) is 0.901. The molecular formula is C28H29N5O5. The highest BCUT2D eigenvalue weighted by atomic mass is 16.5. The number of carbonyl (C=O) groups is 1. The van der Waals surface area contributed by atoms with Gasteiger partial charge in [0.1, 0.15) is 5.75 Å². The number of methoxy groups -OCH3 is 1. The molecule has 1 fully saturated rings. The monoisotopic (exact) mass is 515 g/mol. The normalized spacial score (nSPS) is 18.4. The number of hydrogen-bond donors (Lipinski definition) is 0. The van der Waals surface area contributed by atoms with Crippen LogP contribution in [0.3, 0.4) is 0 Å². The molecule has 0 amide bonds. The maximum atomic E-state index is 12.2. The highest BCUT2D eigenvalue weighted by Gasteiger charge is 2.23. The Morgan fingerprint density at radius 3 is 2.79 bits per heavy atom. The van der Waals surface area contributed by atoms with E-state index in [1.165, 1.54) is 7.11 Å². The number of pyridine rings is 1. The Bertz CT molecular complexity index is 1520. The standard InChI is InChI=1S/C28H29N5O5/c1-32-27-21(16-30-32)23-15-20-22(31-33(24(20)17-29-23)26-6-3-4-11-37-26)9-7-18-14-19(28(34)35-2)8-10-25(18)36-12-5-13-38-27/h7-10,14-17,26H,3-6,11-13H2,1-2H3/b9-7+. The molecule has 1 aromatic carbocycles. The molecule has 1 atom stereocenters. The number of carbonyl (C=O) groups excluding carboxylic acids is 1. The highest BCUT2D eigenvalue weighted by Crippen LogP contribution is 2.34. The van der Waals surface area contributed by atoms with Crippen LogP contribution in [-0.4, -0.2) is 57.4 Å². The van der Waals surface area contributed by atoms with E-state index in [9.17, 15) is 4.79 Å². The lowest BCUT2D eigenvalue weighted by Gasteiger charge is -2.23. The van der Waals surface area contributed by atoms with Crippen LogP contribution in [0, 0.1) is 0 Å². The lowest BCUT2D eigenvalue weighted by Crippen LogP contribution is -2.19. The molecule has 0 spiro atoms. The topological polar surface area (TPSA) is 103 Å². The lowest BCUT2D eigenvalue weighted by molar-refractivity contribution is -0.0367. The predicted octanol–water partition coefficient (Wildman–Crippen LogP) is 4.65. The second kappa shape index (κ2) is 10.3. The van der Waals surface area contributed by atoms with Gasteiger partial charge in [-0.25, -0.2) is 14.2 Å². The van der Waals surface area contributed by atoms with E-state index in [1.54, 1.807) is 29.1 Å². The third-order valence-electron chi connectivity index (χ3n) is 6.85. The van der Waals surface area contributed by atoms with E-state index in [1.807, 2.05) is 36.1 Å². The molecule has 10 heteroatoms. The van der Waals surface area contributed by atoms with Crippen LogP contribution < -0.4 is 9.47 Å². The third-order valence-corrected chi connectivity index (χ3v) is 6.85. The van der Waals surface area contributed by atoms with E-state index in [2.05, 4.69) is 5.10 Å². The Morgan fingerprint density at radius 2 is 1.95 bits per heavy atom. The Hall–Kier alpha value is -4.18. The Morgan fingerprint density at radius 1 is 1.05 bits per heavy atom. The first-order valence-electron chi connectivity index (χ1n) is 12.8. The number of benzene rings is 1. The number of fused-ring (bicyclic) bond motifs is 4. The molecule has 196 valence electrons. The SMILES string of the molecule is COC(=O)c1ccc2c(c1)/C=C/c1nn(C3CCCCO3)c3cnc(cc13)-c1cnn(C)c1OCCCO2. The maximum absolute atomic E-state index is 12.2. The summed E-state index contributed by atoms with van der Waals surface area (Å²) in [6.45, 7) is 1.60. The van der Waals surface area contributed by atoms with E-state index in [-0.39, 0.29) is 6.23 Å². The number of nitrogens with zero attached hydrogens (tertiary/aromatic N) is 5. The van der Waals surface area contributed by atoms with Gasteiger partial charge in [0.15, 0.2) is 6.23 Å². The minimum Gasteiger partial charge on any atom is -0.493 e. The highest BCUT2D eigenvalue weighted by molar-refractivity contribution is 5.94. The number of aryl methyl sites for hydroxylation is 1. The summed E-state index contributed by atoms with van der Waals surface area (Å²) < 4.78 is 26.8. The van der Waals surface area contributed by atoms with Gasteiger partial charge >= 0.3 is 5.97 Å². The summed E-state index contributed by atoms with van der Waals surface area (Å²) in [6, 6.07) is 7.28. The molecular weight excluding hydrogens is 486 g/mol. The Labute approximate surface area is 219 Å². The van der Waals surface area contributed by atoms with Crippen LogP contribution in [0.25, 0.3) is 34.3 Å². The van der Waals surface area contributed by atoms with Gasteiger partial charge in [-0.3, -0.25) is 4.98 Å². The maximum Gasteiger partial charge on any atom is 0.337 e. The summed E-state index contributed by atoms with van der Waals surface area (Å²) in [5, 5.41) is 10.3. The van der Waals surface area contributed by atoms with Gasteiger partial charge < -0.3 is 18.9 Å². The number of ether oxygens (including phenoxy) is 4. The zero-order valence-corrected chi connectivity index (χ0v) is 21.4. The molecule has 2 bridgehead atoms. The van der Waals surface area contributed by atoms with E-state index in [0.717, 1.165) is 52.7 Å². The number of aromatic nitrogens is 5. The molecule has 3 aromatic heterocycles. The molecule has 38 heavy (non-hydrogen) atoms. The van der Waals surface area contributed by atoms with Gasteiger partial charge in [-0.2, -0.15) is 10.2 Å². The number of rotatable bonds is 2. The number of esters is 1. The van der Waals surface area contributed by atoms with Crippen molar-refractivity contribution in [1.29, 1.82) is 0 Å². The molecule has 1 unspecified atom stereocenters. The lowest BCUT2D eigenvalue weighted by atomic mass is 10.1. The molecule has 6 rings (SSSR count). The van der Waals surface area contributed by atoms with Crippen molar-refractivity contribution in [2.45, 2.75) is 31.9 Å². The van der Waals surface area contributed by atoms with Gasteiger partial charge in [0.2, 0.25) is 5.88 Å². The van der Waals surface area contributed by atoms with Gasteiger partial charge in [-0.05, 0) is 55.7 Å². The smallest absolute Gasteiger partial charge is 0.337 e. The molecule has 5 heterocycles. The van der Waals surface area contributed by atoms with Gasteiger partial charge in [-0.1, -0.05) is 0 Å². The molecule has 0 aliphatic carbocycles. The Balaban J connectivity index is 1.51. The molecule has 0 radical (unpaired) electrons. The second-order valence-electron chi connectivity index (χ2n) is 9.35. The van der Waals surface area contributed by atoms with E-state index in [4.69, 9.17) is 29.0 Å². The zero-order valence-electron chi connectivity index (χ0n) is 21.4. The first kappa shape index (κ1) is 24.2. The van der Waals surface area contributed by atoms with Crippen molar-refractivity contribution in [2.75, 3.05) is 26.9 Å². The molecule has 10 nitrogen and oxygen atoms in total. The Kier molecular flexibility index (Phi) is 6.55. The van der Waals surface area contributed by atoms with E-state index in [0.29, 0.717) is 43.4 Å². The minimum absolute atomic E-state index is 0.148. The van der Waals surface area contributed by atoms with Crippen LogP contribution in [0.5, 0.6) is 11.6 Å². The van der Waals surface area contributed by atoms with Crippen molar-refractivity contribution < 1.29 is 23.7 Å². The number of hydrogen-bond acceptors (Lipinski definition) is 8. The van der Waals surface area contributed by atoms with Crippen LogP contribution >= 0.6 is 0 Å². The molecule has 0 N–H and O–H groups in total. The molecule has 2 aliphatic rings. The fourth-order valence-electron chi connectivity index (χ4n) is 4.87. The van der Waals surface area contributed by atoms with Gasteiger partial charge in [0, 0.05) is 31.0 Å². The molecule has 4 aromatic rings. The summed E-state index contributed by atoms with van der Waals surface area (Å²) in [4.78, 5) is 17.0. The largest absolute Gasteiger partial charge is 0.493 e. The third kappa shape index (κ3) is 4.51. The van der Waals surface area contributed by atoms with Crippen LogP contribution in [0.1, 0.15) is 53.5 Å². The van der Waals surface area contributed by atoms with Crippen molar-refractivity contribution in [2.24, 2.45) is 7.05 Å². The average molecular weight is 516 g/mol. The summed E-state index contributed by atoms with van der Waals surface area (Å²) >= 11 is 0. The van der Waals surface area contributed by atoms with Crippen LogP contribution in [0.2, 0.25) is 0 Å². The fraction of sp³-hybridized carbons (Fsp3) is 0.357. The fourth-order valence-corrected chi connectivity index (χ4v) is 4.87. The van der Waals surface area contributed by atoms with Crippen molar-refractivity contribution in [1.82, 2.24) is 24.5 Å².